The Morgan fingerprint density at radius 1 is 0.806 bits per heavy atom. The van der Waals surface area contributed by atoms with E-state index in [9.17, 15) is 5.11 Å². The zero-order valence-corrected chi connectivity index (χ0v) is 21.7. The molecule has 1 heteroatoms. The second-order valence-electron chi connectivity index (χ2n) is 14.9. The third-order valence-corrected chi connectivity index (χ3v) is 12.4. The van der Waals surface area contributed by atoms with Crippen LogP contribution in [0, 0.1) is 44.3 Å². The molecule has 5 aliphatic rings. The van der Waals surface area contributed by atoms with Gasteiger partial charge < -0.3 is 5.11 Å². The van der Waals surface area contributed by atoms with Crippen LogP contribution in [-0.2, 0) is 0 Å². The highest BCUT2D eigenvalue weighted by Gasteiger charge is 2.66. The van der Waals surface area contributed by atoms with Crippen molar-refractivity contribution in [2.45, 2.75) is 119 Å². The second-order valence-corrected chi connectivity index (χ2v) is 14.9. The molecule has 7 atom stereocenters. The van der Waals surface area contributed by atoms with Gasteiger partial charge in [0.05, 0.1) is 6.10 Å². The van der Waals surface area contributed by atoms with E-state index >= 15 is 0 Å². The van der Waals surface area contributed by atoms with Crippen molar-refractivity contribution in [1.82, 2.24) is 0 Å². The van der Waals surface area contributed by atoms with Crippen molar-refractivity contribution in [3.8, 4) is 0 Å². The summed E-state index contributed by atoms with van der Waals surface area (Å²) in [6.45, 7) is 20.2. The van der Waals surface area contributed by atoms with Gasteiger partial charge in [-0.25, -0.2) is 0 Å². The molecule has 0 aromatic carbocycles. The maximum absolute atomic E-state index is 10.9. The minimum atomic E-state index is -0.143. The lowest BCUT2D eigenvalue weighted by Gasteiger charge is -2.69. The largest absolute Gasteiger partial charge is 0.393 e. The van der Waals surface area contributed by atoms with Gasteiger partial charge in [0.25, 0.3) is 0 Å². The number of rotatable bonds is 0. The zero-order valence-electron chi connectivity index (χ0n) is 21.7. The molecule has 0 aliphatic heterocycles. The van der Waals surface area contributed by atoms with Crippen molar-refractivity contribution < 1.29 is 5.11 Å². The van der Waals surface area contributed by atoms with Crippen LogP contribution in [-0.4, -0.2) is 11.2 Å². The summed E-state index contributed by atoms with van der Waals surface area (Å²) >= 11 is 0. The quantitative estimate of drug-likeness (QED) is 0.416. The van der Waals surface area contributed by atoms with E-state index in [1.54, 1.807) is 5.57 Å². The number of aliphatic hydroxyl groups is 1. The summed E-state index contributed by atoms with van der Waals surface area (Å²) in [7, 11) is 0. The lowest BCUT2D eigenvalue weighted by molar-refractivity contribution is -0.182. The normalized spacial score (nSPS) is 52.6. The SMILES string of the molecule is CC1(C)CCC2(C)CCC3(C)C(=C2C1)C=CC1C2(C)CCC(O)C(C)(C)C2CCC13C. The molecule has 31 heavy (non-hydrogen) atoms. The summed E-state index contributed by atoms with van der Waals surface area (Å²) in [5.41, 5.74) is 5.39. The van der Waals surface area contributed by atoms with Gasteiger partial charge in [-0.3, -0.25) is 0 Å². The van der Waals surface area contributed by atoms with Crippen LogP contribution in [0.4, 0.5) is 0 Å². The lowest BCUT2D eigenvalue weighted by atomic mass is 9.35. The van der Waals surface area contributed by atoms with Crippen molar-refractivity contribution in [2.24, 2.45) is 44.3 Å². The molecular weight excluding hydrogens is 376 g/mol. The second kappa shape index (κ2) is 6.31. The molecule has 0 aromatic rings. The molecule has 0 saturated heterocycles. The first-order chi connectivity index (χ1) is 14.2. The van der Waals surface area contributed by atoms with E-state index in [0.29, 0.717) is 38.9 Å². The smallest absolute Gasteiger partial charge is 0.0594 e. The Morgan fingerprint density at radius 2 is 1.48 bits per heavy atom. The van der Waals surface area contributed by atoms with Gasteiger partial charge in [-0.2, -0.15) is 0 Å². The first-order valence-corrected chi connectivity index (χ1v) is 13.3. The molecule has 0 amide bonds. The van der Waals surface area contributed by atoms with Crippen molar-refractivity contribution in [1.29, 1.82) is 0 Å². The van der Waals surface area contributed by atoms with Crippen molar-refractivity contribution in [3.63, 3.8) is 0 Å². The number of hydrogen-bond donors (Lipinski definition) is 1. The van der Waals surface area contributed by atoms with E-state index in [2.05, 4.69) is 67.5 Å². The fourth-order valence-electron chi connectivity index (χ4n) is 9.83. The van der Waals surface area contributed by atoms with Crippen LogP contribution in [0.25, 0.3) is 0 Å². The van der Waals surface area contributed by atoms with Crippen molar-refractivity contribution in [2.75, 3.05) is 0 Å². The van der Waals surface area contributed by atoms with Crippen LogP contribution in [0.2, 0.25) is 0 Å². The molecule has 0 heterocycles. The molecular formula is C30H48O. The van der Waals surface area contributed by atoms with Crippen molar-refractivity contribution >= 4 is 0 Å². The van der Waals surface area contributed by atoms with Crippen LogP contribution < -0.4 is 0 Å². The molecule has 0 radical (unpaired) electrons. The van der Waals surface area contributed by atoms with E-state index in [4.69, 9.17) is 0 Å². The topological polar surface area (TPSA) is 20.2 Å². The molecule has 0 aromatic heterocycles. The van der Waals surface area contributed by atoms with Crippen LogP contribution >= 0.6 is 0 Å². The fraction of sp³-hybridized carbons (Fsp3) is 0.867. The predicted molar refractivity (Wildman–Crippen MR) is 131 cm³/mol. The third-order valence-electron chi connectivity index (χ3n) is 12.4. The summed E-state index contributed by atoms with van der Waals surface area (Å²) in [5.74, 6) is 1.24. The van der Waals surface area contributed by atoms with Crippen LogP contribution in [0.3, 0.4) is 0 Å². The first-order valence-electron chi connectivity index (χ1n) is 13.3. The van der Waals surface area contributed by atoms with E-state index < -0.39 is 0 Å². The van der Waals surface area contributed by atoms with Crippen LogP contribution in [0.5, 0.6) is 0 Å². The third kappa shape index (κ3) is 2.71. The number of allylic oxidation sites excluding steroid dienone is 4. The molecule has 3 fully saturated rings. The van der Waals surface area contributed by atoms with Crippen molar-refractivity contribution in [3.05, 3.63) is 23.3 Å². The standard InChI is InChI=1S/C30H48O/c1-25(2)15-16-27(5)17-18-29(7)20(21(27)19-25)9-10-23-28(6)13-12-24(31)26(3,4)22(28)11-14-30(23,29)8/h9-10,22-24,31H,11-19H2,1-8H3. The molecule has 1 N–H and O–H groups in total. The Balaban J connectivity index is 1.65. The van der Waals surface area contributed by atoms with Gasteiger partial charge in [-0.15, -0.1) is 0 Å². The number of fused-ring (bicyclic) bond motifs is 6. The van der Waals surface area contributed by atoms with E-state index in [0.717, 1.165) is 6.42 Å². The maximum Gasteiger partial charge on any atom is 0.0594 e. The number of hydrogen-bond acceptors (Lipinski definition) is 1. The van der Waals surface area contributed by atoms with E-state index in [1.807, 2.05) is 5.57 Å². The van der Waals surface area contributed by atoms with Gasteiger partial charge in [0.15, 0.2) is 0 Å². The highest BCUT2D eigenvalue weighted by atomic mass is 16.3. The van der Waals surface area contributed by atoms with Gasteiger partial charge in [0.2, 0.25) is 0 Å². The molecule has 5 rings (SSSR count). The summed E-state index contributed by atoms with van der Waals surface area (Å²) < 4.78 is 0. The van der Waals surface area contributed by atoms with Gasteiger partial charge in [0, 0.05) is 0 Å². The van der Waals surface area contributed by atoms with E-state index in [-0.39, 0.29) is 11.5 Å². The molecule has 7 unspecified atom stereocenters. The lowest BCUT2D eigenvalue weighted by Crippen LogP contribution is -2.63. The Hall–Kier alpha value is -0.560. The highest BCUT2D eigenvalue weighted by Crippen LogP contribution is 2.74. The van der Waals surface area contributed by atoms with Gasteiger partial charge in [0.1, 0.15) is 0 Å². The van der Waals surface area contributed by atoms with Crippen LogP contribution in [0.15, 0.2) is 23.3 Å². The Labute approximate surface area is 192 Å². The van der Waals surface area contributed by atoms with Crippen LogP contribution in [0.1, 0.15) is 113 Å². The Morgan fingerprint density at radius 3 is 2.19 bits per heavy atom. The fourth-order valence-corrected chi connectivity index (χ4v) is 9.83. The minimum Gasteiger partial charge on any atom is -0.393 e. The molecule has 1 nitrogen and oxygen atoms in total. The van der Waals surface area contributed by atoms with Gasteiger partial charge in [-0.05, 0) is 108 Å². The maximum atomic E-state index is 10.9. The molecule has 3 saturated carbocycles. The molecule has 0 spiro atoms. The predicted octanol–water partition coefficient (Wildman–Crippen LogP) is 8.09. The average Bonchev–Trinajstić information content (AvgIpc) is 2.67. The summed E-state index contributed by atoms with van der Waals surface area (Å²) in [4.78, 5) is 0. The van der Waals surface area contributed by atoms with E-state index in [1.165, 1.54) is 51.4 Å². The summed E-state index contributed by atoms with van der Waals surface area (Å²) in [6.07, 6.45) is 16.7. The monoisotopic (exact) mass is 424 g/mol. The summed E-state index contributed by atoms with van der Waals surface area (Å²) in [6, 6.07) is 0. The van der Waals surface area contributed by atoms with Gasteiger partial charge >= 0.3 is 0 Å². The zero-order chi connectivity index (χ0) is 22.7. The summed E-state index contributed by atoms with van der Waals surface area (Å²) in [5, 5.41) is 10.9. The Kier molecular flexibility index (Phi) is 4.53. The highest BCUT2D eigenvalue weighted by molar-refractivity contribution is 5.45. The first kappa shape index (κ1) is 22.2. The van der Waals surface area contributed by atoms with Gasteiger partial charge in [-0.1, -0.05) is 73.1 Å². The molecule has 5 aliphatic carbocycles. The number of aliphatic hydroxyl groups excluding tert-OH is 1. The molecule has 174 valence electrons. The molecule has 0 bridgehead atoms. The average molecular weight is 425 g/mol. The Bertz CT molecular complexity index is 844. The minimum absolute atomic E-state index is 0.0281.